The summed E-state index contributed by atoms with van der Waals surface area (Å²) in [7, 11) is 0. The van der Waals surface area contributed by atoms with Gasteiger partial charge in [0.05, 0.1) is 13.0 Å². The molecule has 0 aliphatic rings. The molecule has 0 bridgehead atoms. The van der Waals surface area contributed by atoms with Gasteiger partial charge in [0, 0.05) is 18.0 Å². The van der Waals surface area contributed by atoms with Crippen LogP contribution in [0.3, 0.4) is 0 Å². The van der Waals surface area contributed by atoms with Gasteiger partial charge in [-0.25, -0.2) is 0 Å². The molecular formula is C12H13NO3. The number of ether oxygens (including phenoxy) is 1. The van der Waals surface area contributed by atoms with Crippen molar-refractivity contribution in [1.29, 1.82) is 0 Å². The molecule has 1 heterocycles. The molecule has 0 aromatic carbocycles. The fraction of sp³-hybridized carbons (Fsp3) is 0.250. The Morgan fingerprint density at radius 2 is 2.19 bits per heavy atom. The second-order valence-corrected chi connectivity index (χ2v) is 3.08. The third-order valence-electron chi connectivity index (χ3n) is 1.82. The molecule has 16 heavy (non-hydrogen) atoms. The van der Waals surface area contributed by atoms with Crippen LogP contribution in [0.4, 0.5) is 0 Å². The van der Waals surface area contributed by atoms with Gasteiger partial charge in [-0.3, -0.25) is 14.6 Å². The standard InChI is InChI=1S/C12H13NO3/c1-2-16-12(15)5-3-4-10-6-11(9-14)8-13-7-10/h3-4,6-9H,2,5H2,1H3. The van der Waals surface area contributed by atoms with Crippen LogP contribution in [0.2, 0.25) is 0 Å². The summed E-state index contributed by atoms with van der Waals surface area (Å²) in [6, 6.07) is 1.70. The van der Waals surface area contributed by atoms with E-state index in [0.717, 1.165) is 11.8 Å². The van der Waals surface area contributed by atoms with Crippen LogP contribution in [-0.4, -0.2) is 23.8 Å². The quantitative estimate of drug-likeness (QED) is 0.560. The third-order valence-corrected chi connectivity index (χ3v) is 1.82. The SMILES string of the molecule is CCOC(=O)CC=Cc1cncc(C=O)c1. The van der Waals surface area contributed by atoms with E-state index in [1.54, 1.807) is 31.3 Å². The number of aldehydes is 1. The highest BCUT2D eigenvalue weighted by atomic mass is 16.5. The average Bonchev–Trinajstić information content (AvgIpc) is 2.30. The molecular weight excluding hydrogens is 206 g/mol. The van der Waals surface area contributed by atoms with Crippen LogP contribution in [0, 0.1) is 0 Å². The zero-order valence-corrected chi connectivity index (χ0v) is 9.05. The van der Waals surface area contributed by atoms with E-state index in [1.165, 1.54) is 6.20 Å². The average molecular weight is 219 g/mol. The maximum atomic E-state index is 11.0. The van der Waals surface area contributed by atoms with Crippen molar-refractivity contribution in [2.24, 2.45) is 0 Å². The van der Waals surface area contributed by atoms with Crippen LogP contribution in [-0.2, 0) is 9.53 Å². The lowest BCUT2D eigenvalue weighted by Gasteiger charge is -1.97. The first kappa shape index (κ1) is 12.1. The molecule has 1 rings (SSSR count). The molecule has 0 unspecified atom stereocenters. The molecule has 0 aliphatic carbocycles. The van der Waals surface area contributed by atoms with Gasteiger partial charge in [-0.05, 0) is 18.6 Å². The number of aromatic nitrogens is 1. The Labute approximate surface area is 94.0 Å². The van der Waals surface area contributed by atoms with E-state index in [-0.39, 0.29) is 12.4 Å². The van der Waals surface area contributed by atoms with Crippen molar-refractivity contribution in [1.82, 2.24) is 4.98 Å². The largest absolute Gasteiger partial charge is 0.466 e. The number of carbonyl (C=O) groups excluding carboxylic acids is 2. The molecule has 0 spiro atoms. The minimum Gasteiger partial charge on any atom is -0.466 e. The number of hydrogen-bond donors (Lipinski definition) is 0. The minimum atomic E-state index is -0.266. The Kier molecular flexibility index (Phi) is 4.92. The van der Waals surface area contributed by atoms with Gasteiger partial charge in [-0.1, -0.05) is 12.2 Å². The molecule has 84 valence electrons. The second kappa shape index (κ2) is 6.50. The predicted octanol–water partition coefficient (Wildman–Crippen LogP) is 1.86. The number of carbonyl (C=O) groups is 2. The van der Waals surface area contributed by atoms with E-state index in [2.05, 4.69) is 4.98 Å². The summed E-state index contributed by atoms with van der Waals surface area (Å²) in [6.07, 6.45) is 7.47. The van der Waals surface area contributed by atoms with E-state index in [0.29, 0.717) is 12.2 Å². The van der Waals surface area contributed by atoms with Gasteiger partial charge in [0.1, 0.15) is 0 Å². The Morgan fingerprint density at radius 3 is 2.88 bits per heavy atom. The maximum Gasteiger partial charge on any atom is 0.309 e. The van der Waals surface area contributed by atoms with Gasteiger partial charge in [0.25, 0.3) is 0 Å². The maximum absolute atomic E-state index is 11.0. The lowest BCUT2D eigenvalue weighted by atomic mass is 10.2. The molecule has 0 N–H and O–H groups in total. The molecule has 0 radical (unpaired) electrons. The number of rotatable bonds is 5. The Balaban J connectivity index is 2.55. The van der Waals surface area contributed by atoms with Crippen molar-refractivity contribution in [2.75, 3.05) is 6.61 Å². The Morgan fingerprint density at radius 1 is 1.44 bits per heavy atom. The van der Waals surface area contributed by atoms with Crippen molar-refractivity contribution in [3.63, 3.8) is 0 Å². The highest BCUT2D eigenvalue weighted by molar-refractivity contribution is 5.76. The summed E-state index contributed by atoms with van der Waals surface area (Å²) < 4.78 is 4.76. The topological polar surface area (TPSA) is 56.3 Å². The molecule has 1 aromatic heterocycles. The van der Waals surface area contributed by atoms with Gasteiger partial charge in [0.15, 0.2) is 6.29 Å². The molecule has 0 saturated carbocycles. The molecule has 0 fully saturated rings. The predicted molar refractivity (Wildman–Crippen MR) is 59.9 cm³/mol. The number of nitrogens with zero attached hydrogens (tertiary/aromatic N) is 1. The van der Waals surface area contributed by atoms with Crippen LogP contribution >= 0.6 is 0 Å². The highest BCUT2D eigenvalue weighted by Crippen LogP contribution is 2.03. The summed E-state index contributed by atoms with van der Waals surface area (Å²) in [5.74, 6) is -0.266. The van der Waals surface area contributed by atoms with Crippen LogP contribution in [0.1, 0.15) is 29.3 Å². The normalized spacial score (nSPS) is 10.3. The summed E-state index contributed by atoms with van der Waals surface area (Å²) in [4.78, 5) is 25.4. The second-order valence-electron chi connectivity index (χ2n) is 3.08. The summed E-state index contributed by atoms with van der Waals surface area (Å²) in [6.45, 7) is 2.15. The zero-order valence-electron chi connectivity index (χ0n) is 9.05. The summed E-state index contributed by atoms with van der Waals surface area (Å²) in [5, 5.41) is 0. The minimum absolute atomic E-state index is 0.221. The van der Waals surface area contributed by atoms with Crippen LogP contribution in [0.25, 0.3) is 6.08 Å². The van der Waals surface area contributed by atoms with E-state index in [9.17, 15) is 9.59 Å². The van der Waals surface area contributed by atoms with Gasteiger partial charge in [0.2, 0.25) is 0 Å². The lowest BCUT2D eigenvalue weighted by Crippen LogP contribution is -2.01. The van der Waals surface area contributed by atoms with Crippen LogP contribution in [0.15, 0.2) is 24.5 Å². The number of pyridine rings is 1. The van der Waals surface area contributed by atoms with E-state index < -0.39 is 0 Å². The molecule has 4 nitrogen and oxygen atoms in total. The van der Waals surface area contributed by atoms with Crippen molar-refractivity contribution >= 4 is 18.3 Å². The molecule has 0 saturated heterocycles. The van der Waals surface area contributed by atoms with Crippen molar-refractivity contribution in [2.45, 2.75) is 13.3 Å². The van der Waals surface area contributed by atoms with Gasteiger partial charge in [-0.15, -0.1) is 0 Å². The molecule has 0 amide bonds. The summed E-state index contributed by atoms with van der Waals surface area (Å²) >= 11 is 0. The highest BCUT2D eigenvalue weighted by Gasteiger charge is 1.97. The smallest absolute Gasteiger partial charge is 0.309 e. The Hall–Kier alpha value is -1.97. The first-order valence-corrected chi connectivity index (χ1v) is 4.98. The first-order chi connectivity index (χ1) is 7.76. The van der Waals surface area contributed by atoms with Crippen molar-refractivity contribution < 1.29 is 14.3 Å². The Bertz CT molecular complexity index is 399. The van der Waals surface area contributed by atoms with Gasteiger partial charge in [-0.2, -0.15) is 0 Å². The molecule has 0 aliphatic heterocycles. The zero-order chi connectivity index (χ0) is 11.8. The molecule has 4 heteroatoms. The monoisotopic (exact) mass is 219 g/mol. The fourth-order valence-corrected chi connectivity index (χ4v) is 1.14. The van der Waals surface area contributed by atoms with Gasteiger partial charge >= 0.3 is 5.97 Å². The molecule has 0 atom stereocenters. The third kappa shape index (κ3) is 4.04. The van der Waals surface area contributed by atoms with E-state index >= 15 is 0 Å². The number of hydrogen-bond acceptors (Lipinski definition) is 4. The van der Waals surface area contributed by atoms with E-state index in [4.69, 9.17) is 4.74 Å². The summed E-state index contributed by atoms with van der Waals surface area (Å²) in [5.41, 5.74) is 1.30. The first-order valence-electron chi connectivity index (χ1n) is 4.98. The van der Waals surface area contributed by atoms with Crippen LogP contribution < -0.4 is 0 Å². The fourth-order valence-electron chi connectivity index (χ4n) is 1.14. The van der Waals surface area contributed by atoms with Crippen molar-refractivity contribution in [3.8, 4) is 0 Å². The van der Waals surface area contributed by atoms with Crippen LogP contribution in [0.5, 0.6) is 0 Å². The van der Waals surface area contributed by atoms with E-state index in [1.807, 2.05) is 0 Å². The van der Waals surface area contributed by atoms with Gasteiger partial charge < -0.3 is 4.74 Å². The molecule has 1 aromatic rings. The lowest BCUT2D eigenvalue weighted by molar-refractivity contribution is -0.142. The van der Waals surface area contributed by atoms with Crippen molar-refractivity contribution in [3.05, 3.63) is 35.7 Å². The number of esters is 1.